The van der Waals surface area contributed by atoms with Crippen LogP contribution in [0.2, 0.25) is 0 Å². The number of allylic oxidation sites excluding steroid dienone is 10. The van der Waals surface area contributed by atoms with E-state index in [1.165, 1.54) is 128 Å². The summed E-state index contributed by atoms with van der Waals surface area (Å²) in [6, 6.07) is 0. The molecular formula is C56H98O6. The molecule has 0 bridgehead atoms. The zero-order valence-electron chi connectivity index (χ0n) is 40.9. The number of hydrogen-bond acceptors (Lipinski definition) is 6. The summed E-state index contributed by atoms with van der Waals surface area (Å²) < 4.78 is 16.8. The van der Waals surface area contributed by atoms with Crippen molar-refractivity contribution in [3.8, 4) is 0 Å². The van der Waals surface area contributed by atoms with Crippen molar-refractivity contribution in [1.82, 2.24) is 0 Å². The summed E-state index contributed by atoms with van der Waals surface area (Å²) in [5.74, 6) is -0.892. The van der Waals surface area contributed by atoms with Crippen LogP contribution in [-0.4, -0.2) is 37.2 Å². The van der Waals surface area contributed by atoms with E-state index in [0.717, 1.165) is 89.9 Å². The molecule has 0 N–H and O–H groups in total. The number of ether oxygens (including phenoxy) is 3. The van der Waals surface area contributed by atoms with Gasteiger partial charge in [-0.1, -0.05) is 216 Å². The van der Waals surface area contributed by atoms with Crippen molar-refractivity contribution in [1.29, 1.82) is 0 Å². The van der Waals surface area contributed by atoms with E-state index in [-0.39, 0.29) is 31.1 Å². The van der Waals surface area contributed by atoms with Gasteiger partial charge in [-0.15, -0.1) is 0 Å². The molecule has 0 aliphatic carbocycles. The van der Waals surface area contributed by atoms with Gasteiger partial charge in [0.2, 0.25) is 0 Å². The second-order valence-electron chi connectivity index (χ2n) is 17.4. The molecular weight excluding hydrogens is 769 g/mol. The van der Waals surface area contributed by atoms with Crippen LogP contribution in [0.5, 0.6) is 0 Å². The predicted molar refractivity (Wildman–Crippen MR) is 265 cm³/mol. The second kappa shape index (κ2) is 50.8. The Bertz CT molecular complexity index is 1130. The van der Waals surface area contributed by atoms with E-state index in [2.05, 4.69) is 81.5 Å². The van der Waals surface area contributed by atoms with Crippen molar-refractivity contribution in [2.75, 3.05) is 13.2 Å². The van der Waals surface area contributed by atoms with E-state index >= 15 is 0 Å². The summed E-state index contributed by atoms with van der Waals surface area (Å²) in [7, 11) is 0. The minimum Gasteiger partial charge on any atom is -0.462 e. The van der Waals surface area contributed by atoms with Gasteiger partial charge in [0.15, 0.2) is 6.10 Å². The molecule has 1 atom stereocenters. The Hall–Kier alpha value is -2.89. The predicted octanol–water partition coefficient (Wildman–Crippen LogP) is 17.3. The number of unbranched alkanes of at least 4 members (excludes halogenated alkanes) is 26. The highest BCUT2D eigenvalue weighted by Crippen LogP contribution is 2.15. The molecule has 6 heteroatoms. The lowest BCUT2D eigenvalue weighted by Gasteiger charge is -2.18. The fourth-order valence-corrected chi connectivity index (χ4v) is 7.31. The molecule has 0 aliphatic heterocycles. The third-order valence-corrected chi connectivity index (χ3v) is 11.3. The third kappa shape index (κ3) is 48.1. The topological polar surface area (TPSA) is 78.9 Å². The zero-order valence-corrected chi connectivity index (χ0v) is 40.9. The van der Waals surface area contributed by atoms with Gasteiger partial charge in [-0.2, -0.15) is 0 Å². The normalized spacial score (nSPS) is 12.5. The summed E-state index contributed by atoms with van der Waals surface area (Å²) in [6.07, 6.45) is 62.1. The van der Waals surface area contributed by atoms with E-state index in [4.69, 9.17) is 14.2 Å². The highest BCUT2D eigenvalue weighted by molar-refractivity contribution is 5.71. The molecule has 0 aromatic heterocycles. The molecule has 0 heterocycles. The second-order valence-corrected chi connectivity index (χ2v) is 17.4. The molecule has 0 aromatic rings. The van der Waals surface area contributed by atoms with Gasteiger partial charge in [-0.3, -0.25) is 14.4 Å². The van der Waals surface area contributed by atoms with Gasteiger partial charge in [0.05, 0.1) is 0 Å². The SMILES string of the molecule is CC/C=C\C/C=C\C/C=C\CCCCCCCCCC(=O)OC(COC(=O)CCCCCCCCCC)COC(=O)CCCCCCCCCCC/C=C\C/C=C\CCCCC. The molecule has 0 radical (unpaired) electrons. The van der Waals surface area contributed by atoms with Crippen molar-refractivity contribution >= 4 is 17.9 Å². The van der Waals surface area contributed by atoms with Gasteiger partial charge in [0.1, 0.15) is 13.2 Å². The Kier molecular flexibility index (Phi) is 48.4. The number of rotatable bonds is 47. The van der Waals surface area contributed by atoms with E-state index in [1.807, 2.05) is 0 Å². The van der Waals surface area contributed by atoms with Gasteiger partial charge in [-0.25, -0.2) is 0 Å². The number of esters is 3. The number of carbonyl (C=O) groups is 3. The van der Waals surface area contributed by atoms with Crippen LogP contribution in [0.4, 0.5) is 0 Å². The molecule has 0 aromatic carbocycles. The molecule has 0 fully saturated rings. The average molecular weight is 867 g/mol. The lowest BCUT2D eigenvalue weighted by Crippen LogP contribution is -2.30. The average Bonchev–Trinajstić information content (AvgIpc) is 3.27. The maximum absolute atomic E-state index is 12.8. The van der Waals surface area contributed by atoms with Crippen LogP contribution in [0.1, 0.15) is 258 Å². The molecule has 0 aliphatic rings. The lowest BCUT2D eigenvalue weighted by molar-refractivity contribution is -0.167. The summed E-state index contributed by atoms with van der Waals surface area (Å²) >= 11 is 0. The number of carbonyl (C=O) groups excluding carboxylic acids is 3. The highest BCUT2D eigenvalue weighted by Gasteiger charge is 2.19. The van der Waals surface area contributed by atoms with Gasteiger partial charge in [-0.05, 0) is 83.5 Å². The summed E-state index contributed by atoms with van der Waals surface area (Å²) in [5.41, 5.74) is 0. The molecule has 0 saturated heterocycles. The maximum Gasteiger partial charge on any atom is 0.306 e. The van der Waals surface area contributed by atoms with Crippen LogP contribution < -0.4 is 0 Å². The van der Waals surface area contributed by atoms with Crippen molar-refractivity contribution in [3.63, 3.8) is 0 Å². The van der Waals surface area contributed by atoms with Crippen LogP contribution in [0.3, 0.4) is 0 Å². The van der Waals surface area contributed by atoms with E-state index < -0.39 is 6.10 Å². The molecule has 0 saturated carbocycles. The number of hydrogen-bond donors (Lipinski definition) is 0. The van der Waals surface area contributed by atoms with Crippen molar-refractivity contribution in [2.45, 2.75) is 264 Å². The summed E-state index contributed by atoms with van der Waals surface area (Å²) in [5, 5.41) is 0. The van der Waals surface area contributed by atoms with Gasteiger partial charge >= 0.3 is 17.9 Å². The minimum atomic E-state index is -0.778. The first-order chi connectivity index (χ1) is 30.5. The van der Waals surface area contributed by atoms with E-state index in [0.29, 0.717) is 19.3 Å². The third-order valence-electron chi connectivity index (χ3n) is 11.3. The van der Waals surface area contributed by atoms with Gasteiger partial charge < -0.3 is 14.2 Å². The smallest absolute Gasteiger partial charge is 0.306 e. The highest BCUT2D eigenvalue weighted by atomic mass is 16.6. The molecule has 0 rings (SSSR count). The first-order valence-corrected chi connectivity index (χ1v) is 26.3. The van der Waals surface area contributed by atoms with Crippen LogP contribution in [-0.2, 0) is 28.6 Å². The maximum atomic E-state index is 12.8. The Morgan fingerprint density at radius 1 is 0.339 bits per heavy atom. The van der Waals surface area contributed by atoms with E-state index in [9.17, 15) is 14.4 Å². The fourth-order valence-electron chi connectivity index (χ4n) is 7.31. The summed E-state index contributed by atoms with van der Waals surface area (Å²) in [4.78, 5) is 37.9. The molecule has 358 valence electrons. The van der Waals surface area contributed by atoms with Crippen LogP contribution >= 0.6 is 0 Å². The fraction of sp³-hybridized carbons (Fsp3) is 0.768. The standard InChI is InChI=1S/C56H98O6/c1-4-7-10-13-16-19-21-23-25-27-28-30-31-33-35-37-40-43-46-49-55(58)61-52-53(51-60-54(57)48-45-42-39-18-15-12-9-6-3)62-56(59)50-47-44-41-38-36-34-32-29-26-24-22-20-17-14-11-8-5-2/h8,11,16-17,19-20,23-26,53H,4-7,9-10,12-15,18,21-22,27-52H2,1-3H3/b11-8-,19-16-,20-17-,25-23-,26-24-. The van der Waals surface area contributed by atoms with Crippen molar-refractivity contribution in [2.24, 2.45) is 0 Å². The van der Waals surface area contributed by atoms with Gasteiger partial charge in [0.25, 0.3) is 0 Å². The Morgan fingerprint density at radius 2 is 0.629 bits per heavy atom. The van der Waals surface area contributed by atoms with E-state index in [1.54, 1.807) is 0 Å². The van der Waals surface area contributed by atoms with Crippen LogP contribution in [0.25, 0.3) is 0 Å². The summed E-state index contributed by atoms with van der Waals surface area (Å²) in [6.45, 7) is 6.47. The largest absolute Gasteiger partial charge is 0.462 e. The molecule has 1 unspecified atom stereocenters. The first kappa shape index (κ1) is 59.1. The first-order valence-electron chi connectivity index (χ1n) is 26.3. The van der Waals surface area contributed by atoms with Crippen molar-refractivity contribution < 1.29 is 28.6 Å². The Balaban J connectivity index is 4.29. The Morgan fingerprint density at radius 3 is 1.02 bits per heavy atom. The monoisotopic (exact) mass is 867 g/mol. The lowest BCUT2D eigenvalue weighted by atomic mass is 10.1. The quantitative estimate of drug-likeness (QED) is 0.0262. The minimum absolute atomic E-state index is 0.0784. The zero-order chi connectivity index (χ0) is 45.1. The van der Waals surface area contributed by atoms with Gasteiger partial charge in [0, 0.05) is 19.3 Å². The molecule has 0 spiro atoms. The van der Waals surface area contributed by atoms with Crippen LogP contribution in [0, 0.1) is 0 Å². The van der Waals surface area contributed by atoms with Crippen molar-refractivity contribution in [3.05, 3.63) is 60.8 Å². The molecule has 0 amide bonds. The van der Waals surface area contributed by atoms with Crippen LogP contribution in [0.15, 0.2) is 60.8 Å². The molecule has 6 nitrogen and oxygen atoms in total. The molecule has 62 heavy (non-hydrogen) atoms. The Labute approximate surface area is 383 Å².